The fraction of sp³-hybridized carbons (Fsp3) is 0.556. The quantitative estimate of drug-likeness (QED) is 0.919. The molecule has 2 atom stereocenters. The molecule has 2 aliphatic rings. The van der Waals surface area contributed by atoms with Crippen molar-refractivity contribution in [3.05, 3.63) is 35.6 Å². The highest BCUT2D eigenvalue weighted by Crippen LogP contribution is 2.49. The van der Waals surface area contributed by atoms with E-state index in [9.17, 15) is 4.79 Å². The molecule has 2 aromatic rings. The highest BCUT2D eigenvalue weighted by atomic mass is 16.5. The van der Waals surface area contributed by atoms with Gasteiger partial charge in [0.2, 0.25) is 0 Å². The van der Waals surface area contributed by atoms with Crippen LogP contribution in [0, 0.1) is 25.2 Å². The number of aryl methyl sites for hydroxylation is 2. The van der Waals surface area contributed by atoms with Gasteiger partial charge in [-0.2, -0.15) is 0 Å². The monoisotopic (exact) mass is 341 g/mol. The van der Waals surface area contributed by atoms with E-state index in [1.165, 1.54) is 19.1 Å². The molecule has 7 nitrogen and oxygen atoms in total. The zero-order valence-electron chi connectivity index (χ0n) is 14.7. The smallest absolute Gasteiger partial charge is 0.276 e. The van der Waals surface area contributed by atoms with Crippen LogP contribution < -0.4 is 5.32 Å². The van der Waals surface area contributed by atoms with E-state index >= 15 is 0 Å². The number of hydrogen-bond acceptors (Lipinski definition) is 6. The minimum absolute atomic E-state index is 0.0333. The van der Waals surface area contributed by atoms with E-state index in [0.29, 0.717) is 11.6 Å². The van der Waals surface area contributed by atoms with Gasteiger partial charge in [0.25, 0.3) is 5.91 Å². The zero-order valence-corrected chi connectivity index (χ0v) is 14.7. The van der Waals surface area contributed by atoms with E-state index in [0.717, 1.165) is 43.3 Å². The largest absolute Gasteiger partial charge is 0.368 e. The molecule has 4 rings (SSSR count). The molecule has 1 aliphatic carbocycles. The molecule has 0 bridgehead atoms. The standard InChI is InChI=1S/C18H23N5O2/c1-12-8-19-13(2)16(21-12)20-10-18-6-3-4-14(18)9-23(11-18)17(24)15-5-7-25-22-15/h5,7-8,14H,3-4,6,9-11H2,1-2H3,(H,20,21)/t14-,18-/m0/s1. The molecule has 1 N–H and O–H groups in total. The first-order valence-corrected chi connectivity index (χ1v) is 8.81. The number of amides is 1. The van der Waals surface area contributed by atoms with Gasteiger partial charge >= 0.3 is 0 Å². The van der Waals surface area contributed by atoms with E-state index in [4.69, 9.17) is 4.52 Å². The van der Waals surface area contributed by atoms with Crippen LogP contribution in [0.5, 0.6) is 0 Å². The molecule has 1 aliphatic heterocycles. The summed E-state index contributed by atoms with van der Waals surface area (Å²) in [5, 5.41) is 7.30. The van der Waals surface area contributed by atoms with Crippen LogP contribution in [0.2, 0.25) is 0 Å². The van der Waals surface area contributed by atoms with Crippen LogP contribution in [0.15, 0.2) is 23.0 Å². The van der Waals surface area contributed by atoms with Crippen molar-refractivity contribution in [1.29, 1.82) is 0 Å². The Labute approximate surface area is 146 Å². The van der Waals surface area contributed by atoms with E-state index in [-0.39, 0.29) is 11.3 Å². The van der Waals surface area contributed by atoms with Gasteiger partial charge in [0.15, 0.2) is 5.69 Å². The SMILES string of the molecule is Cc1cnc(C)c(NC[C@]23CCC[C@H]2CN(C(=O)c2ccon2)C3)n1. The summed E-state index contributed by atoms with van der Waals surface area (Å²) in [5.41, 5.74) is 2.31. The maximum absolute atomic E-state index is 12.6. The number of nitrogens with one attached hydrogen (secondary N) is 1. The Hall–Kier alpha value is -2.44. The first-order chi connectivity index (χ1) is 12.1. The number of hydrogen-bond donors (Lipinski definition) is 1. The number of carbonyl (C=O) groups excluding carboxylic acids is 1. The lowest BCUT2D eigenvalue weighted by Gasteiger charge is -2.29. The van der Waals surface area contributed by atoms with Gasteiger partial charge in [0, 0.05) is 37.3 Å². The van der Waals surface area contributed by atoms with Gasteiger partial charge in [-0.15, -0.1) is 0 Å². The molecule has 2 aromatic heterocycles. The molecule has 1 amide bonds. The van der Waals surface area contributed by atoms with Gasteiger partial charge in [-0.25, -0.2) is 4.98 Å². The van der Waals surface area contributed by atoms with Gasteiger partial charge in [-0.1, -0.05) is 11.6 Å². The van der Waals surface area contributed by atoms with Crippen molar-refractivity contribution in [3.8, 4) is 0 Å². The molecule has 0 unspecified atom stereocenters. The number of fused-ring (bicyclic) bond motifs is 1. The molecule has 0 radical (unpaired) electrons. The second-order valence-corrected chi connectivity index (χ2v) is 7.32. The zero-order chi connectivity index (χ0) is 17.4. The minimum Gasteiger partial charge on any atom is -0.368 e. The summed E-state index contributed by atoms with van der Waals surface area (Å²) in [6.07, 6.45) is 6.75. The van der Waals surface area contributed by atoms with Crippen molar-refractivity contribution < 1.29 is 9.32 Å². The summed E-state index contributed by atoms with van der Waals surface area (Å²) >= 11 is 0. The van der Waals surface area contributed by atoms with Crippen LogP contribution in [-0.4, -0.2) is 45.6 Å². The highest BCUT2D eigenvalue weighted by Gasteiger charge is 2.50. The number of rotatable bonds is 4. The highest BCUT2D eigenvalue weighted by molar-refractivity contribution is 5.92. The Morgan fingerprint density at radius 2 is 2.36 bits per heavy atom. The number of anilines is 1. The second-order valence-electron chi connectivity index (χ2n) is 7.32. The van der Waals surface area contributed by atoms with E-state index < -0.39 is 0 Å². The lowest BCUT2D eigenvalue weighted by molar-refractivity contribution is 0.0760. The second kappa shape index (κ2) is 6.13. The van der Waals surface area contributed by atoms with Gasteiger partial charge in [0.05, 0.1) is 11.4 Å². The third-order valence-corrected chi connectivity index (χ3v) is 5.67. The van der Waals surface area contributed by atoms with Gasteiger partial charge in [-0.05, 0) is 32.6 Å². The van der Waals surface area contributed by atoms with E-state index in [2.05, 4.69) is 20.4 Å². The average molecular weight is 341 g/mol. The normalized spacial score (nSPS) is 25.2. The molecule has 1 saturated carbocycles. The van der Waals surface area contributed by atoms with Crippen molar-refractivity contribution in [2.75, 3.05) is 25.0 Å². The third kappa shape index (κ3) is 2.88. The van der Waals surface area contributed by atoms with E-state index in [1.54, 1.807) is 12.3 Å². The summed E-state index contributed by atoms with van der Waals surface area (Å²) < 4.78 is 4.82. The fourth-order valence-corrected chi connectivity index (χ4v) is 4.31. The molecule has 132 valence electrons. The van der Waals surface area contributed by atoms with Crippen molar-refractivity contribution in [1.82, 2.24) is 20.0 Å². The first-order valence-electron chi connectivity index (χ1n) is 8.81. The summed E-state index contributed by atoms with van der Waals surface area (Å²) in [5.74, 6) is 1.34. The Morgan fingerprint density at radius 1 is 1.48 bits per heavy atom. The molecular weight excluding hydrogens is 318 g/mol. The average Bonchev–Trinajstić information content (AvgIpc) is 3.30. The summed E-state index contributed by atoms with van der Waals surface area (Å²) in [6.45, 7) is 6.29. The fourth-order valence-electron chi connectivity index (χ4n) is 4.31. The van der Waals surface area contributed by atoms with Crippen LogP contribution in [0.4, 0.5) is 5.82 Å². The third-order valence-electron chi connectivity index (χ3n) is 5.67. The van der Waals surface area contributed by atoms with Crippen LogP contribution in [0.25, 0.3) is 0 Å². The molecule has 2 fully saturated rings. The molecule has 0 aromatic carbocycles. The van der Waals surface area contributed by atoms with E-state index in [1.807, 2.05) is 18.7 Å². The number of carbonyl (C=O) groups is 1. The lowest BCUT2D eigenvalue weighted by Crippen LogP contribution is -2.36. The van der Waals surface area contributed by atoms with Gasteiger partial charge in [0.1, 0.15) is 12.1 Å². The summed E-state index contributed by atoms with van der Waals surface area (Å²) in [7, 11) is 0. The number of likely N-dealkylation sites (tertiary alicyclic amines) is 1. The van der Waals surface area contributed by atoms with Crippen LogP contribution in [0.3, 0.4) is 0 Å². The molecule has 25 heavy (non-hydrogen) atoms. The van der Waals surface area contributed by atoms with Crippen molar-refractivity contribution in [2.45, 2.75) is 33.1 Å². The van der Waals surface area contributed by atoms with Crippen LogP contribution in [-0.2, 0) is 0 Å². The lowest BCUT2D eigenvalue weighted by atomic mass is 9.80. The summed E-state index contributed by atoms with van der Waals surface area (Å²) in [4.78, 5) is 23.5. The molecule has 7 heteroatoms. The molecule has 3 heterocycles. The van der Waals surface area contributed by atoms with Crippen molar-refractivity contribution in [2.24, 2.45) is 11.3 Å². The molecule has 1 saturated heterocycles. The topological polar surface area (TPSA) is 84.2 Å². The minimum atomic E-state index is -0.0333. The predicted octanol–water partition coefficient (Wildman–Crippen LogP) is 2.44. The predicted molar refractivity (Wildman–Crippen MR) is 92.2 cm³/mol. The molecular formula is C18H23N5O2. The van der Waals surface area contributed by atoms with Gasteiger partial charge < -0.3 is 14.7 Å². The van der Waals surface area contributed by atoms with Crippen LogP contribution >= 0.6 is 0 Å². The maximum atomic E-state index is 12.6. The number of nitrogens with zero attached hydrogens (tertiary/aromatic N) is 4. The summed E-state index contributed by atoms with van der Waals surface area (Å²) in [6, 6.07) is 1.63. The molecule has 0 spiro atoms. The van der Waals surface area contributed by atoms with Crippen LogP contribution in [0.1, 0.15) is 41.1 Å². The Morgan fingerprint density at radius 3 is 3.16 bits per heavy atom. The van der Waals surface area contributed by atoms with Crippen molar-refractivity contribution in [3.63, 3.8) is 0 Å². The number of aromatic nitrogens is 3. The van der Waals surface area contributed by atoms with Gasteiger partial charge in [-0.3, -0.25) is 9.78 Å². The Kier molecular flexibility index (Phi) is 3.94. The van der Waals surface area contributed by atoms with Crippen molar-refractivity contribution >= 4 is 11.7 Å². The Bertz CT molecular complexity index is 776. The maximum Gasteiger partial charge on any atom is 0.276 e. The first kappa shape index (κ1) is 16.1. The Balaban J connectivity index is 1.49.